The van der Waals surface area contributed by atoms with E-state index in [1.807, 2.05) is 0 Å². The second kappa shape index (κ2) is 5.54. The monoisotopic (exact) mass is 188 g/mol. The smallest absolute Gasteiger partial charge is 0.0902 e. The normalized spacial score (nSPS) is 19.8. The van der Waals surface area contributed by atoms with Gasteiger partial charge < -0.3 is 20.1 Å². The first-order valence-electron chi connectivity index (χ1n) is 4.81. The van der Waals surface area contributed by atoms with Gasteiger partial charge in [-0.1, -0.05) is 0 Å². The van der Waals surface area contributed by atoms with Gasteiger partial charge in [-0.3, -0.25) is 0 Å². The van der Waals surface area contributed by atoms with E-state index in [0.29, 0.717) is 0 Å². The molecule has 0 saturated carbocycles. The van der Waals surface area contributed by atoms with Crippen LogP contribution in [0.4, 0.5) is 0 Å². The standard InChI is InChI=1S/C9H20N2O2/c1-9(7-11-8-9)13-6-4-10-3-5-12-2/h10-11H,3-8H2,1-2H3. The molecule has 13 heavy (non-hydrogen) atoms. The average Bonchev–Trinajstić information content (AvgIpc) is 2.08. The maximum absolute atomic E-state index is 5.68. The van der Waals surface area contributed by atoms with Gasteiger partial charge >= 0.3 is 0 Å². The maximum Gasteiger partial charge on any atom is 0.0902 e. The van der Waals surface area contributed by atoms with Crippen LogP contribution in [0.5, 0.6) is 0 Å². The van der Waals surface area contributed by atoms with E-state index < -0.39 is 0 Å². The minimum absolute atomic E-state index is 0.0862. The fourth-order valence-electron chi connectivity index (χ4n) is 1.25. The van der Waals surface area contributed by atoms with Gasteiger partial charge in [0, 0.05) is 33.3 Å². The number of ether oxygens (including phenoxy) is 2. The highest BCUT2D eigenvalue weighted by atomic mass is 16.5. The second-order valence-corrected chi connectivity index (χ2v) is 3.64. The van der Waals surface area contributed by atoms with Crippen LogP contribution in [0, 0.1) is 0 Å². The third-order valence-electron chi connectivity index (χ3n) is 2.21. The quantitative estimate of drug-likeness (QED) is 0.534. The summed E-state index contributed by atoms with van der Waals surface area (Å²) in [5.41, 5.74) is 0.0862. The van der Waals surface area contributed by atoms with Crippen molar-refractivity contribution in [2.75, 3.05) is 46.5 Å². The largest absolute Gasteiger partial charge is 0.383 e. The van der Waals surface area contributed by atoms with Crippen molar-refractivity contribution >= 4 is 0 Å². The molecule has 0 amide bonds. The molecule has 0 aromatic heterocycles. The predicted molar refractivity (Wildman–Crippen MR) is 52.0 cm³/mol. The van der Waals surface area contributed by atoms with Crippen LogP contribution in [0.25, 0.3) is 0 Å². The number of rotatable bonds is 7. The number of hydrogen-bond donors (Lipinski definition) is 2. The summed E-state index contributed by atoms with van der Waals surface area (Å²) in [7, 11) is 1.71. The lowest BCUT2D eigenvalue weighted by Crippen LogP contribution is -2.59. The van der Waals surface area contributed by atoms with E-state index in [2.05, 4.69) is 17.6 Å². The fraction of sp³-hybridized carbons (Fsp3) is 1.00. The van der Waals surface area contributed by atoms with Gasteiger partial charge in [-0.25, -0.2) is 0 Å². The molecular weight excluding hydrogens is 168 g/mol. The van der Waals surface area contributed by atoms with Crippen LogP contribution < -0.4 is 10.6 Å². The third-order valence-corrected chi connectivity index (χ3v) is 2.21. The van der Waals surface area contributed by atoms with Crippen molar-refractivity contribution in [1.82, 2.24) is 10.6 Å². The predicted octanol–water partition coefficient (Wildman–Crippen LogP) is -0.399. The van der Waals surface area contributed by atoms with Gasteiger partial charge in [0.1, 0.15) is 0 Å². The molecule has 0 bridgehead atoms. The molecule has 1 aliphatic heterocycles. The highest BCUT2D eigenvalue weighted by Gasteiger charge is 2.31. The van der Waals surface area contributed by atoms with Crippen LogP contribution in [0.1, 0.15) is 6.92 Å². The first-order chi connectivity index (χ1) is 6.27. The van der Waals surface area contributed by atoms with Crippen molar-refractivity contribution in [3.05, 3.63) is 0 Å². The summed E-state index contributed by atoms with van der Waals surface area (Å²) in [4.78, 5) is 0. The molecule has 4 heteroatoms. The van der Waals surface area contributed by atoms with Crippen LogP contribution in [0.3, 0.4) is 0 Å². The van der Waals surface area contributed by atoms with E-state index in [4.69, 9.17) is 9.47 Å². The Labute approximate surface area is 80.0 Å². The third kappa shape index (κ3) is 4.04. The Morgan fingerprint density at radius 1 is 1.31 bits per heavy atom. The Morgan fingerprint density at radius 2 is 2.00 bits per heavy atom. The van der Waals surface area contributed by atoms with Crippen molar-refractivity contribution in [1.29, 1.82) is 0 Å². The molecule has 1 saturated heterocycles. The lowest BCUT2D eigenvalue weighted by molar-refractivity contribution is -0.0649. The zero-order chi connectivity index (χ0) is 9.57. The van der Waals surface area contributed by atoms with Gasteiger partial charge in [-0.2, -0.15) is 0 Å². The topological polar surface area (TPSA) is 42.5 Å². The van der Waals surface area contributed by atoms with E-state index >= 15 is 0 Å². The van der Waals surface area contributed by atoms with Crippen molar-refractivity contribution in [2.45, 2.75) is 12.5 Å². The molecule has 0 aromatic rings. The van der Waals surface area contributed by atoms with Crippen LogP contribution in [0.2, 0.25) is 0 Å². The molecular formula is C9H20N2O2. The molecule has 0 spiro atoms. The molecule has 0 unspecified atom stereocenters. The fourth-order valence-corrected chi connectivity index (χ4v) is 1.25. The van der Waals surface area contributed by atoms with Gasteiger partial charge in [-0.15, -0.1) is 0 Å². The Bertz CT molecular complexity index is 138. The Balaban J connectivity index is 1.83. The van der Waals surface area contributed by atoms with E-state index in [1.165, 1.54) is 0 Å². The molecule has 1 aliphatic rings. The molecule has 2 N–H and O–H groups in total. The number of hydrogen-bond acceptors (Lipinski definition) is 4. The summed E-state index contributed by atoms with van der Waals surface area (Å²) in [5.74, 6) is 0. The van der Waals surface area contributed by atoms with Crippen molar-refractivity contribution in [2.24, 2.45) is 0 Å². The molecule has 1 fully saturated rings. The summed E-state index contributed by atoms with van der Waals surface area (Å²) < 4.78 is 10.6. The average molecular weight is 188 g/mol. The zero-order valence-corrected chi connectivity index (χ0v) is 8.56. The van der Waals surface area contributed by atoms with Gasteiger partial charge in [0.2, 0.25) is 0 Å². The Hall–Kier alpha value is -0.160. The molecule has 0 radical (unpaired) electrons. The number of nitrogens with one attached hydrogen (secondary N) is 2. The van der Waals surface area contributed by atoms with E-state index in [9.17, 15) is 0 Å². The molecule has 0 atom stereocenters. The Morgan fingerprint density at radius 3 is 2.54 bits per heavy atom. The summed E-state index contributed by atoms with van der Waals surface area (Å²) in [6, 6.07) is 0. The van der Waals surface area contributed by atoms with Gasteiger partial charge in [0.25, 0.3) is 0 Å². The first kappa shape index (κ1) is 10.9. The van der Waals surface area contributed by atoms with Crippen LogP contribution in [-0.2, 0) is 9.47 Å². The van der Waals surface area contributed by atoms with Crippen LogP contribution in [0.15, 0.2) is 0 Å². The molecule has 1 heterocycles. The van der Waals surface area contributed by atoms with Crippen LogP contribution >= 0.6 is 0 Å². The van der Waals surface area contributed by atoms with Gasteiger partial charge in [0.15, 0.2) is 0 Å². The molecule has 0 aromatic carbocycles. The van der Waals surface area contributed by atoms with Crippen molar-refractivity contribution < 1.29 is 9.47 Å². The maximum atomic E-state index is 5.68. The Kier molecular flexibility index (Phi) is 4.66. The zero-order valence-electron chi connectivity index (χ0n) is 8.56. The van der Waals surface area contributed by atoms with E-state index in [-0.39, 0.29) is 5.60 Å². The SMILES string of the molecule is COCCNCCOC1(C)CNC1. The lowest BCUT2D eigenvalue weighted by atomic mass is 10.0. The first-order valence-corrected chi connectivity index (χ1v) is 4.81. The summed E-state index contributed by atoms with van der Waals surface area (Å²) in [5, 5.41) is 6.43. The molecule has 4 nitrogen and oxygen atoms in total. The number of methoxy groups -OCH3 is 1. The van der Waals surface area contributed by atoms with Crippen molar-refractivity contribution in [3.8, 4) is 0 Å². The van der Waals surface area contributed by atoms with Crippen LogP contribution in [-0.4, -0.2) is 52.1 Å². The molecule has 1 rings (SSSR count). The van der Waals surface area contributed by atoms with E-state index in [0.717, 1.165) is 39.4 Å². The molecule has 78 valence electrons. The van der Waals surface area contributed by atoms with Gasteiger partial charge in [-0.05, 0) is 6.92 Å². The molecule has 0 aliphatic carbocycles. The van der Waals surface area contributed by atoms with Gasteiger partial charge in [0.05, 0.1) is 18.8 Å². The summed E-state index contributed by atoms with van der Waals surface area (Å²) >= 11 is 0. The minimum atomic E-state index is 0.0862. The second-order valence-electron chi connectivity index (χ2n) is 3.64. The van der Waals surface area contributed by atoms with E-state index in [1.54, 1.807) is 7.11 Å². The minimum Gasteiger partial charge on any atom is -0.383 e. The lowest BCUT2D eigenvalue weighted by Gasteiger charge is -2.39. The summed E-state index contributed by atoms with van der Waals surface area (Å²) in [6.07, 6.45) is 0. The summed E-state index contributed by atoms with van der Waals surface area (Å²) in [6.45, 7) is 7.43. The highest BCUT2D eigenvalue weighted by Crippen LogP contribution is 2.14. The van der Waals surface area contributed by atoms with Crippen molar-refractivity contribution in [3.63, 3.8) is 0 Å². The highest BCUT2D eigenvalue weighted by molar-refractivity contribution is 4.90.